The number of rotatable bonds is 0. The van der Waals surface area contributed by atoms with Crippen molar-refractivity contribution in [3.8, 4) is 0 Å². The van der Waals surface area contributed by atoms with Crippen LogP contribution in [0, 0.1) is 13.8 Å². The Morgan fingerprint density at radius 3 is 2.17 bits per heavy atom. The van der Waals surface area contributed by atoms with Gasteiger partial charge in [0.15, 0.2) is 0 Å². The minimum atomic E-state index is -4.39. The first-order valence-electron chi connectivity index (χ1n) is 5.83. The summed E-state index contributed by atoms with van der Waals surface area (Å²) in [5.41, 5.74) is 1.16. The van der Waals surface area contributed by atoms with E-state index in [2.05, 4.69) is 4.98 Å². The third-order valence-electron chi connectivity index (χ3n) is 2.46. The summed E-state index contributed by atoms with van der Waals surface area (Å²) in [4.78, 5) is 3.62. The highest BCUT2D eigenvalue weighted by Gasteiger charge is 2.32. The Labute approximate surface area is 105 Å². The monoisotopic (exact) mass is 255 g/mol. The highest BCUT2D eigenvalue weighted by Crippen LogP contribution is 2.30. The number of nitrogens with zero attached hydrogens (tertiary/aromatic N) is 1. The van der Waals surface area contributed by atoms with Crippen LogP contribution in [0.2, 0.25) is 0 Å². The molecule has 0 saturated carbocycles. The fraction of sp³-hybridized carbons (Fsp3) is 0.357. The first-order chi connectivity index (χ1) is 8.38. The summed E-state index contributed by atoms with van der Waals surface area (Å²) in [6, 6.07) is 6.31. The molecule has 0 spiro atoms. The Hall–Kier alpha value is -1.58. The topological polar surface area (TPSA) is 12.9 Å². The molecule has 0 aliphatic rings. The Morgan fingerprint density at radius 1 is 1.00 bits per heavy atom. The van der Waals surface area contributed by atoms with Gasteiger partial charge in [-0.25, -0.2) is 4.98 Å². The van der Waals surface area contributed by atoms with Crippen molar-refractivity contribution >= 4 is 10.9 Å². The van der Waals surface area contributed by atoms with E-state index in [0.29, 0.717) is 11.1 Å². The fourth-order valence-electron chi connectivity index (χ4n) is 1.65. The number of aryl methyl sites for hydroxylation is 2. The molecule has 0 fully saturated rings. The lowest BCUT2D eigenvalue weighted by atomic mass is 10.1. The van der Waals surface area contributed by atoms with Crippen molar-refractivity contribution in [3.63, 3.8) is 0 Å². The van der Waals surface area contributed by atoms with Crippen LogP contribution in [-0.4, -0.2) is 4.98 Å². The molecule has 2 rings (SSSR count). The van der Waals surface area contributed by atoms with Crippen molar-refractivity contribution in [3.05, 3.63) is 41.1 Å². The van der Waals surface area contributed by atoms with Gasteiger partial charge in [-0.15, -0.1) is 0 Å². The molecule has 0 aliphatic carbocycles. The number of fused-ring (bicyclic) bond motifs is 1. The van der Waals surface area contributed by atoms with E-state index < -0.39 is 11.9 Å². The highest BCUT2D eigenvalue weighted by atomic mass is 19.4. The standard InChI is InChI=1S/C12H10F3N.C2H6/c1-7-3-4-10-9(5-7)8(2)6-11(16-10)12(13,14)15;1-2/h3-6H,1-2H3;1-2H3. The third kappa shape index (κ3) is 3.00. The van der Waals surface area contributed by atoms with Crippen LogP contribution in [0.3, 0.4) is 0 Å². The van der Waals surface area contributed by atoms with E-state index in [-0.39, 0.29) is 0 Å². The van der Waals surface area contributed by atoms with Crippen LogP contribution in [0.4, 0.5) is 13.2 Å². The average Bonchev–Trinajstić information content (AvgIpc) is 2.31. The number of pyridine rings is 1. The second-order valence-electron chi connectivity index (χ2n) is 3.84. The smallest absolute Gasteiger partial charge is 0.243 e. The highest BCUT2D eigenvalue weighted by molar-refractivity contribution is 5.82. The molecule has 0 radical (unpaired) electrons. The van der Waals surface area contributed by atoms with Gasteiger partial charge in [-0.3, -0.25) is 0 Å². The Morgan fingerprint density at radius 2 is 1.61 bits per heavy atom. The molecule has 1 aromatic heterocycles. The number of hydrogen-bond donors (Lipinski definition) is 0. The SMILES string of the molecule is CC.Cc1ccc2nc(C(F)(F)F)cc(C)c2c1. The second-order valence-corrected chi connectivity index (χ2v) is 3.84. The van der Waals surface area contributed by atoms with Crippen LogP contribution < -0.4 is 0 Å². The van der Waals surface area contributed by atoms with Crippen molar-refractivity contribution in [1.29, 1.82) is 0 Å². The molecule has 1 heterocycles. The van der Waals surface area contributed by atoms with Crippen molar-refractivity contribution in [2.45, 2.75) is 33.9 Å². The van der Waals surface area contributed by atoms with E-state index in [1.54, 1.807) is 19.1 Å². The summed E-state index contributed by atoms with van der Waals surface area (Å²) < 4.78 is 37.5. The maximum absolute atomic E-state index is 12.5. The number of halogens is 3. The molecular weight excluding hydrogens is 239 g/mol. The Balaban J connectivity index is 0.000000771. The predicted octanol–water partition coefficient (Wildman–Crippen LogP) is 4.90. The minimum absolute atomic E-state index is 0.387. The maximum Gasteiger partial charge on any atom is 0.433 e. The maximum atomic E-state index is 12.5. The van der Waals surface area contributed by atoms with Gasteiger partial charge in [0, 0.05) is 5.39 Å². The lowest BCUT2D eigenvalue weighted by Crippen LogP contribution is -2.08. The van der Waals surface area contributed by atoms with E-state index in [4.69, 9.17) is 0 Å². The van der Waals surface area contributed by atoms with Crippen LogP contribution in [0.15, 0.2) is 24.3 Å². The molecule has 0 unspecified atom stereocenters. The molecule has 98 valence electrons. The molecule has 0 bridgehead atoms. The van der Waals surface area contributed by atoms with Crippen molar-refractivity contribution in [2.24, 2.45) is 0 Å². The van der Waals surface area contributed by atoms with Crippen LogP contribution in [0.1, 0.15) is 30.7 Å². The fourth-order valence-corrected chi connectivity index (χ4v) is 1.65. The Kier molecular flexibility index (Phi) is 4.33. The molecule has 0 aliphatic heterocycles. The lowest BCUT2D eigenvalue weighted by molar-refractivity contribution is -0.141. The quantitative estimate of drug-likeness (QED) is 0.652. The number of alkyl halides is 3. The van der Waals surface area contributed by atoms with Crippen LogP contribution >= 0.6 is 0 Å². The summed E-state index contributed by atoms with van der Waals surface area (Å²) in [7, 11) is 0. The van der Waals surface area contributed by atoms with E-state index in [9.17, 15) is 13.2 Å². The largest absolute Gasteiger partial charge is 0.433 e. The Bertz CT molecular complexity index is 544. The molecule has 0 amide bonds. The van der Waals surface area contributed by atoms with Gasteiger partial charge in [0.1, 0.15) is 5.69 Å². The molecule has 1 nitrogen and oxygen atoms in total. The van der Waals surface area contributed by atoms with Crippen molar-refractivity contribution in [1.82, 2.24) is 4.98 Å². The van der Waals surface area contributed by atoms with Gasteiger partial charge in [0.25, 0.3) is 0 Å². The number of benzene rings is 1. The van der Waals surface area contributed by atoms with E-state index >= 15 is 0 Å². The molecule has 0 saturated heterocycles. The first kappa shape index (κ1) is 14.5. The molecular formula is C14H16F3N. The zero-order valence-electron chi connectivity index (χ0n) is 10.9. The van der Waals surface area contributed by atoms with Crippen LogP contribution in [0.25, 0.3) is 10.9 Å². The molecule has 4 heteroatoms. The van der Waals surface area contributed by atoms with Crippen LogP contribution in [0.5, 0.6) is 0 Å². The normalized spacial score (nSPS) is 11.1. The molecule has 18 heavy (non-hydrogen) atoms. The summed E-state index contributed by atoms with van der Waals surface area (Å²) in [6.07, 6.45) is -4.39. The van der Waals surface area contributed by atoms with Crippen LogP contribution in [-0.2, 0) is 6.18 Å². The van der Waals surface area contributed by atoms with Gasteiger partial charge >= 0.3 is 6.18 Å². The van der Waals surface area contributed by atoms with Gasteiger partial charge in [0.05, 0.1) is 5.52 Å². The number of aromatic nitrogens is 1. The summed E-state index contributed by atoms with van der Waals surface area (Å²) in [5, 5.41) is 0.771. The van der Waals surface area contributed by atoms with Crippen molar-refractivity contribution in [2.75, 3.05) is 0 Å². The predicted molar refractivity (Wildman–Crippen MR) is 67.6 cm³/mol. The molecule has 0 N–H and O–H groups in total. The number of hydrogen-bond acceptors (Lipinski definition) is 1. The zero-order valence-corrected chi connectivity index (χ0v) is 10.9. The summed E-state index contributed by atoms with van der Waals surface area (Å²) in [6.45, 7) is 7.56. The molecule has 2 aromatic rings. The van der Waals surface area contributed by atoms with Gasteiger partial charge in [0.2, 0.25) is 0 Å². The van der Waals surface area contributed by atoms with Gasteiger partial charge in [-0.1, -0.05) is 25.5 Å². The first-order valence-corrected chi connectivity index (χ1v) is 5.83. The summed E-state index contributed by atoms with van der Waals surface area (Å²) >= 11 is 0. The van der Waals surface area contributed by atoms with E-state index in [1.807, 2.05) is 26.8 Å². The van der Waals surface area contributed by atoms with Gasteiger partial charge in [-0.2, -0.15) is 13.2 Å². The zero-order chi connectivity index (χ0) is 13.9. The minimum Gasteiger partial charge on any atom is -0.243 e. The van der Waals surface area contributed by atoms with E-state index in [0.717, 1.165) is 17.0 Å². The molecule has 1 aromatic carbocycles. The van der Waals surface area contributed by atoms with Gasteiger partial charge < -0.3 is 0 Å². The van der Waals surface area contributed by atoms with Crippen molar-refractivity contribution < 1.29 is 13.2 Å². The second kappa shape index (κ2) is 5.38. The summed E-state index contributed by atoms with van der Waals surface area (Å²) in [5.74, 6) is 0. The van der Waals surface area contributed by atoms with Gasteiger partial charge in [-0.05, 0) is 37.6 Å². The van der Waals surface area contributed by atoms with E-state index in [1.165, 1.54) is 0 Å². The molecule has 0 atom stereocenters. The third-order valence-corrected chi connectivity index (χ3v) is 2.46. The lowest BCUT2D eigenvalue weighted by Gasteiger charge is -2.09. The average molecular weight is 255 g/mol.